The highest BCUT2D eigenvalue weighted by molar-refractivity contribution is 5.92. The van der Waals surface area contributed by atoms with Gasteiger partial charge < -0.3 is 10.1 Å². The standard InChI is InChI=1S/C15H10F3NO3/c16-11-4-5-12(15(18)14(11)17)19-13(21)8-22-10-3-1-2-9(6-10)7-20/h1-7H,8H2,(H,19,21). The van der Waals surface area contributed by atoms with Crippen LogP contribution in [-0.4, -0.2) is 18.8 Å². The van der Waals surface area contributed by atoms with Crippen LogP contribution in [0.3, 0.4) is 0 Å². The van der Waals surface area contributed by atoms with E-state index >= 15 is 0 Å². The van der Waals surface area contributed by atoms with E-state index in [1.54, 1.807) is 12.1 Å². The predicted octanol–water partition coefficient (Wildman–Crippen LogP) is 2.93. The monoisotopic (exact) mass is 309 g/mol. The fourth-order valence-electron chi connectivity index (χ4n) is 1.64. The van der Waals surface area contributed by atoms with Gasteiger partial charge in [0.05, 0.1) is 5.69 Å². The lowest BCUT2D eigenvalue weighted by Gasteiger charge is -2.09. The number of hydrogen-bond acceptors (Lipinski definition) is 3. The molecule has 0 spiro atoms. The van der Waals surface area contributed by atoms with Gasteiger partial charge in [-0.3, -0.25) is 9.59 Å². The lowest BCUT2D eigenvalue weighted by Crippen LogP contribution is -2.21. The molecule has 114 valence electrons. The van der Waals surface area contributed by atoms with Crippen LogP contribution in [0, 0.1) is 17.5 Å². The summed E-state index contributed by atoms with van der Waals surface area (Å²) >= 11 is 0. The minimum absolute atomic E-state index is 0.269. The van der Waals surface area contributed by atoms with E-state index in [0.29, 0.717) is 17.9 Å². The lowest BCUT2D eigenvalue weighted by atomic mass is 10.2. The Morgan fingerprint density at radius 3 is 2.64 bits per heavy atom. The number of amides is 1. The second-order valence-electron chi connectivity index (χ2n) is 4.25. The summed E-state index contributed by atoms with van der Waals surface area (Å²) in [5.74, 6) is -5.00. The highest BCUT2D eigenvalue weighted by Crippen LogP contribution is 2.19. The van der Waals surface area contributed by atoms with E-state index in [9.17, 15) is 22.8 Å². The molecule has 7 heteroatoms. The van der Waals surface area contributed by atoms with Gasteiger partial charge in [0.2, 0.25) is 0 Å². The maximum absolute atomic E-state index is 13.4. The molecular weight excluding hydrogens is 299 g/mol. The van der Waals surface area contributed by atoms with Crippen LogP contribution < -0.4 is 10.1 Å². The van der Waals surface area contributed by atoms with Crippen LogP contribution >= 0.6 is 0 Å². The topological polar surface area (TPSA) is 55.4 Å². The molecule has 1 amide bonds. The number of ether oxygens (including phenoxy) is 1. The zero-order valence-electron chi connectivity index (χ0n) is 11.1. The molecule has 0 unspecified atom stereocenters. The third-order valence-electron chi connectivity index (χ3n) is 2.67. The molecule has 0 heterocycles. The molecule has 0 fully saturated rings. The van der Waals surface area contributed by atoms with Crippen LogP contribution in [0.15, 0.2) is 36.4 Å². The quantitative estimate of drug-likeness (QED) is 0.682. The van der Waals surface area contributed by atoms with E-state index in [0.717, 1.165) is 6.07 Å². The van der Waals surface area contributed by atoms with E-state index in [1.807, 2.05) is 0 Å². The van der Waals surface area contributed by atoms with Gasteiger partial charge in [0.15, 0.2) is 24.1 Å². The van der Waals surface area contributed by atoms with Crippen molar-refractivity contribution in [1.82, 2.24) is 0 Å². The summed E-state index contributed by atoms with van der Waals surface area (Å²) in [6.45, 7) is -0.485. The van der Waals surface area contributed by atoms with Crippen LogP contribution in [0.1, 0.15) is 10.4 Å². The van der Waals surface area contributed by atoms with Crippen molar-refractivity contribution in [3.05, 3.63) is 59.4 Å². The number of halogens is 3. The molecule has 0 aliphatic heterocycles. The molecule has 0 radical (unpaired) electrons. The zero-order chi connectivity index (χ0) is 16.1. The molecule has 0 atom stereocenters. The van der Waals surface area contributed by atoms with Gasteiger partial charge in [-0.2, -0.15) is 0 Å². The Labute approximate surface area is 123 Å². The molecule has 0 aliphatic rings. The van der Waals surface area contributed by atoms with Crippen molar-refractivity contribution >= 4 is 17.9 Å². The Balaban J connectivity index is 1.98. The number of nitrogens with one attached hydrogen (secondary N) is 1. The summed E-state index contributed by atoms with van der Waals surface area (Å²) in [6.07, 6.45) is 0.615. The van der Waals surface area contributed by atoms with Gasteiger partial charge in [-0.15, -0.1) is 0 Å². The van der Waals surface area contributed by atoms with Gasteiger partial charge in [-0.1, -0.05) is 12.1 Å². The first-order valence-electron chi connectivity index (χ1n) is 6.12. The molecule has 0 saturated carbocycles. The number of carbonyl (C=O) groups excluding carboxylic acids is 2. The minimum Gasteiger partial charge on any atom is -0.484 e. The van der Waals surface area contributed by atoms with Gasteiger partial charge in [-0.25, -0.2) is 13.2 Å². The fraction of sp³-hybridized carbons (Fsp3) is 0.0667. The molecule has 4 nitrogen and oxygen atoms in total. The molecule has 2 aromatic rings. The van der Waals surface area contributed by atoms with Crippen molar-refractivity contribution in [2.24, 2.45) is 0 Å². The molecule has 0 bridgehead atoms. The van der Waals surface area contributed by atoms with E-state index < -0.39 is 35.7 Å². The first-order chi connectivity index (χ1) is 10.5. The molecule has 0 aromatic heterocycles. The average molecular weight is 309 g/mol. The highest BCUT2D eigenvalue weighted by atomic mass is 19.2. The van der Waals surface area contributed by atoms with Gasteiger partial charge in [0.1, 0.15) is 12.0 Å². The Morgan fingerprint density at radius 1 is 1.14 bits per heavy atom. The lowest BCUT2D eigenvalue weighted by molar-refractivity contribution is -0.118. The number of carbonyl (C=O) groups is 2. The third-order valence-corrected chi connectivity index (χ3v) is 2.67. The number of hydrogen-bond donors (Lipinski definition) is 1. The molecule has 1 N–H and O–H groups in total. The van der Waals surface area contributed by atoms with Crippen molar-refractivity contribution in [3.8, 4) is 5.75 Å². The van der Waals surface area contributed by atoms with Crippen LogP contribution in [0.25, 0.3) is 0 Å². The van der Waals surface area contributed by atoms with Crippen molar-refractivity contribution < 1.29 is 27.5 Å². The summed E-state index contributed by atoms with van der Waals surface area (Å²) in [4.78, 5) is 22.2. The van der Waals surface area contributed by atoms with Crippen molar-refractivity contribution in [3.63, 3.8) is 0 Å². The summed E-state index contributed by atoms with van der Waals surface area (Å²) in [6, 6.07) is 7.65. The largest absolute Gasteiger partial charge is 0.484 e. The van der Waals surface area contributed by atoms with Crippen molar-refractivity contribution in [2.75, 3.05) is 11.9 Å². The smallest absolute Gasteiger partial charge is 0.262 e. The van der Waals surface area contributed by atoms with Gasteiger partial charge in [0, 0.05) is 5.56 Å². The zero-order valence-corrected chi connectivity index (χ0v) is 11.1. The third kappa shape index (κ3) is 3.63. The van der Waals surface area contributed by atoms with E-state index in [4.69, 9.17) is 4.74 Å². The van der Waals surface area contributed by atoms with Crippen LogP contribution in [0.2, 0.25) is 0 Å². The SMILES string of the molecule is O=Cc1cccc(OCC(=O)Nc2ccc(F)c(F)c2F)c1. The summed E-state index contributed by atoms with van der Waals surface area (Å²) in [7, 11) is 0. The van der Waals surface area contributed by atoms with Crippen LogP contribution in [0.5, 0.6) is 5.75 Å². The Hall–Kier alpha value is -2.83. The van der Waals surface area contributed by atoms with E-state index in [2.05, 4.69) is 5.32 Å². The van der Waals surface area contributed by atoms with Crippen LogP contribution in [-0.2, 0) is 4.79 Å². The highest BCUT2D eigenvalue weighted by Gasteiger charge is 2.15. The maximum atomic E-state index is 13.4. The molecule has 0 aliphatic carbocycles. The second-order valence-corrected chi connectivity index (χ2v) is 4.25. The number of benzene rings is 2. The maximum Gasteiger partial charge on any atom is 0.262 e. The summed E-state index contributed by atoms with van der Waals surface area (Å²) in [5.41, 5.74) is -0.126. The molecule has 2 rings (SSSR count). The first-order valence-corrected chi connectivity index (χ1v) is 6.12. The van der Waals surface area contributed by atoms with E-state index in [-0.39, 0.29) is 5.75 Å². The van der Waals surface area contributed by atoms with Gasteiger partial charge in [0.25, 0.3) is 5.91 Å². The second kappa shape index (κ2) is 6.75. The van der Waals surface area contributed by atoms with Crippen LogP contribution in [0.4, 0.5) is 18.9 Å². The van der Waals surface area contributed by atoms with E-state index in [1.165, 1.54) is 12.1 Å². The average Bonchev–Trinajstić information content (AvgIpc) is 2.54. The first kappa shape index (κ1) is 15.6. The molecule has 2 aromatic carbocycles. The Kier molecular flexibility index (Phi) is 4.77. The number of aldehydes is 1. The molecule has 22 heavy (non-hydrogen) atoms. The summed E-state index contributed by atoms with van der Waals surface area (Å²) in [5, 5.41) is 2.06. The normalized spacial score (nSPS) is 10.1. The molecule has 0 saturated heterocycles. The van der Waals surface area contributed by atoms with Gasteiger partial charge >= 0.3 is 0 Å². The Bertz CT molecular complexity index is 719. The van der Waals surface area contributed by atoms with Gasteiger partial charge in [-0.05, 0) is 24.3 Å². The molecular formula is C15H10F3NO3. The van der Waals surface area contributed by atoms with Crippen molar-refractivity contribution in [2.45, 2.75) is 0 Å². The predicted molar refractivity (Wildman–Crippen MR) is 72.3 cm³/mol. The van der Waals surface area contributed by atoms with Crippen molar-refractivity contribution in [1.29, 1.82) is 0 Å². The number of rotatable bonds is 5. The summed E-state index contributed by atoms with van der Waals surface area (Å²) < 4.78 is 44.3. The fourth-order valence-corrected chi connectivity index (χ4v) is 1.64. The number of anilines is 1. The Morgan fingerprint density at radius 2 is 1.91 bits per heavy atom. The minimum atomic E-state index is -1.67.